The number of nitrogens with zero attached hydrogens (tertiary/aromatic N) is 3. The number of aliphatic hydroxyl groups excluding tert-OH is 1. The molecular formula is C24H24BrF3N4O4S. The minimum absolute atomic E-state index is 0.0609. The van der Waals surface area contributed by atoms with E-state index in [-0.39, 0.29) is 30.8 Å². The molecule has 13 heteroatoms. The van der Waals surface area contributed by atoms with Gasteiger partial charge < -0.3 is 15.2 Å². The van der Waals surface area contributed by atoms with E-state index in [9.17, 15) is 22.8 Å². The fraction of sp³-hybridized carbons (Fsp3) is 0.417. The molecule has 1 aromatic heterocycles. The summed E-state index contributed by atoms with van der Waals surface area (Å²) in [6.45, 7) is 0.177. The van der Waals surface area contributed by atoms with Crippen molar-refractivity contribution in [3.8, 4) is 0 Å². The van der Waals surface area contributed by atoms with Gasteiger partial charge in [-0.2, -0.15) is 0 Å². The Kier molecular flexibility index (Phi) is 8.46. The van der Waals surface area contributed by atoms with Crippen LogP contribution in [0.25, 0.3) is 0 Å². The number of halogens is 4. The average molecular weight is 601 g/mol. The number of alkyl halides is 2. The Bertz CT molecular complexity index is 1240. The number of hydrogen-bond donors (Lipinski definition) is 2. The Morgan fingerprint density at radius 3 is 2.81 bits per heavy atom. The van der Waals surface area contributed by atoms with Crippen molar-refractivity contribution in [1.82, 2.24) is 15.2 Å². The van der Waals surface area contributed by atoms with Crippen LogP contribution in [0, 0.1) is 5.82 Å². The Hall–Kier alpha value is -2.61. The van der Waals surface area contributed by atoms with Crippen molar-refractivity contribution in [2.24, 2.45) is 4.99 Å². The van der Waals surface area contributed by atoms with Gasteiger partial charge in [0.15, 0.2) is 16.6 Å². The number of aliphatic imine (C=N–C) groups is 1. The first-order valence-corrected chi connectivity index (χ1v) is 13.1. The number of benzene rings is 1. The molecule has 1 fully saturated rings. The number of ether oxygens (including phenoxy) is 1. The van der Waals surface area contributed by atoms with Gasteiger partial charge in [-0.1, -0.05) is 22.0 Å². The summed E-state index contributed by atoms with van der Waals surface area (Å²) in [4.78, 5) is 35.5. The van der Waals surface area contributed by atoms with Crippen molar-refractivity contribution in [2.45, 2.75) is 37.8 Å². The molecule has 0 radical (unpaired) electrons. The van der Waals surface area contributed by atoms with Crippen molar-refractivity contribution in [1.29, 1.82) is 0 Å². The van der Waals surface area contributed by atoms with E-state index in [4.69, 9.17) is 14.8 Å². The van der Waals surface area contributed by atoms with Crippen molar-refractivity contribution >= 4 is 44.9 Å². The number of ketones is 1. The van der Waals surface area contributed by atoms with Gasteiger partial charge in [0.2, 0.25) is 0 Å². The molecule has 1 unspecified atom stereocenters. The summed E-state index contributed by atoms with van der Waals surface area (Å²) in [7, 11) is 0. The molecule has 3 heterocycles. The summed E-state index contributed by atoms with van der Waals surface area (Å²) in [6, 6.07) is 2.17. The SMILES string of the molecule is CCOC(=O)C1=C(CN2CC(F)(F)CC2CC(=O)CO)NC(c2nccs2)=N[C@H]1c1ccc(F)cc1Br. The molecule has 0 spiro atoms. The molecule has 0 bridgehead atoms. The van der Waals surface area contributed by atoms with Gasteiger partial charge >= 0.3 is 5.97 Å². The highest BCUT2D eigenvalue weighted by Crippen LogP contribution is 2.39. The molecule has 2 aliphatic rings. The summed E-state index contributed by atoms with van der Waals surface area (Å²) in [5, 5.41) is 14.5. The quantitative estimate of drug-likeness (QED) is 0.424. The number of amidine groups is 1. The van der Waals surface area contributed by atoms with Gasteiger partial charge in [0, 0.05) is 47.2 Å². The van der Waals surface area contributed by atoms with E-state index in [1.807, 2.05) is 0 Å². The predicted octanol–water partition coefficient (Wildman–Crippen LogP) is 3.61. The molecular weight excluding hydrogens is 577 g/mol. The molecule has 37 heavy (non-hydrogen) atoms. The molecule has 1 saturated heterocycles. The molecule has 2 aromatic rings. The molecule has 198 valence electrons. The molecule has 0 amide bonds. The largest absolute Gasteiger partial charge is 0.463 e. The highest BCUT2D eigenvalue weighted by atomic mass is 79.9. The van der Waals surface area contributed by atoms with Crippen LogP contribution in [0.1, 0.15) is 36.4 Å². The van der Waals surface area contributed by atoms with E-state index in [1.165, 1.54) is 34.4 Å². The van der Waals surface area contributed by atoms with E-state index in [1.54, 1.807) is 18.5 Å². The number of esters is 1. The Morgan fingerprint density at radius 2 is 2.16 bits per heavy atom. The number of aliphatic hydroxyl groups is 1. The van der Waals surface area contributed by atoms with Gasteiger partial charge in [0.25, 0.3) is 5.92 Å². The summed E-state index contributed by atoms with van der Waals surface area (Å²) in [6.07, 6.45) is 0.768. The minimum Gasteiger partial charge on any atom is -0.463 e. The Morgan fingerprint density at radius 1 is 1.38 bits per heavy atom. The molecule has 2 atom stereocenters. The van der Waals surface area contributed by atoms with Crippen LogP contribution in [0.15, 0.2) is 50.5 Å². The minimum atomic E-state index is -3.05. The Balaban J connectivity index is 1.81. The predicted molar refractivity (Wildman–Crippen MR) is 134 cm³/mol. The zero-order valence-corrected chi connectivity index (χ0v) is 22.1. The van der Waals surface area contributed by atoms with Crippen LogP contribution in [0.3, 0.4) is 0 Å². The van der Waals surface area contributed by atoms with Crippen molar-refractivity contribution in [2.75, 3.05) is 26.3 Å². The third-order valence-corrected chi connectivity index (χ3v) is 7.47. The number of nitrogens with one attached hydrogen (secondary N) is 1. The van der Waals surface area contributed by atoms with E-state index in [2.05, 4.69) is 26.2 Å². The van der Waals surface area contributed by atoms with Crippen molar-refractivity contribution in [3.63, 3.8) is 0 Å². The number of Topliss-reactive ketones (excluding diaryl/α,β-unsaturated/α-hetero) is 1. The zero-order chi connectivity index (χ0) is 26.7. The number of rotatable bonds is 9. The first-order chi connectivity index (χ1) is 17.6. The molecule has 0 saturated carbocycles. The normalized spacial score (nSPS) is 21.5. The second-order valence-corrected chi connectivity index (χ2v) is 10.4. The lowest BCUT2D eigenvalue weighted by Crippen LogP contribution is -2.42. The van der Waals surface area contributed by atoms with Crippen molar-refractivity contribution in [3.05, 3.63) is 61.9 Å². The molecule has 2 N–H and O–H groups in total. The molecule has 4 rings (SSSR count). The van der Waals surface area contributed by atoms with Gasteiger partial charge in [-0.15, -0.1) is 11.3 Å². The summed E-state index contributed by atoms with van der Waals surface area (Å²) in [5.41, 5.74) is 0.812. The van der Waals surface area contributed by atoms with Crippen LogP contribution in [-0.2, 0) is 14.3 Å². The van der Waals surface area contributed by atoms with Crippen LogP contribution < -0.4 is 5.32 Å². The fourth-order valence-corrected chi connectivity index (χ4v) is 5.60. The first kappa shape index (κ1) is 27.4. The highest BCUT2D eigenvalue weighted by molar-refractivity contribution is 9.10. The molecule has 0 aliphatic carbocycles. The Labute approximate surface area is 223 Å². The third kappa shape index (κ3) is 6.28. The first-order valence-electron chi connectivity index (χ1n) is 11.5. The van der Waals surface area contributed by atoms with E-state index in [0.29, 0.717) is 20.9 Å². The van der Waals surface area contributed by atoms with E-state index >= 15 is 0 Å². The van der Waals surface area contributed by atoms with Crippen LogP contribution in [0.4, 0.5) is 13.2 Å². The highest BCUT2D eigenvalue weighted by Gasteiger charge is 2.46. The maximum absolute atomic E-state index is 14.4. The lowest BCUT2D eigenvalue weighted by molar-refractivity contribution is -0.139. The van der Waals surface area contributed by atoms with Crippen LogP contribution >= 0.6 is 27.3 Å². The monoisotopic (exact) mass is 600 g/mol. The lowest BCUT2D eigenvalue weighted by atomic mass is 9.95. The maximum Gasteiger partial charge on any atom is 0.338 e. The number of aromatic nitrogens is 1. The summed E-state index contributed by atoms with van der Waals surface area (Å²) >= 11 is 4.64. The van der Waals surface area contributed by atoms with Crippen molar-refractivity contribution < 1.29 is 32.6 Å². The number of carbonyl (C=O) groups is 2. The van der Waals surface area contributed by atoms with Gasteiger partial charge in [-0.05, 0) is 24.6 Å². The average Bonchev–Trinajstić information content (AvgIpc) is 3.46. The molecule has 2 aliphatic heterocycles. The third-order valence-electron chi connectivity index (χ3n) is 6.00. The molecule has 8 nitrogen and oxygen atoms in total. The number of likely N-dealkylation sites (tertiary alicyclic amines) is 1. The standard InChI is InChI=1S/C24H24BrF3N4O4S/c1-2-36-23(35)19-18(10-32-12-24(27,28)9-14(32)8-15(34)11-33)30-21(22-29-5-6-37-22)31-20(19)16-4-3-13(26)7-17(16)25/h3-7,14,20,33H,2,8-12H2,1H3,(H,30,31)/t14?,20-/m0/s1. The molecule has 1 aromatic carbocycles. The fourth-order valence-electron chi connectivity index (χ4n) is 4.45. The van der Waals surface area contributed by atoms with E-state index < -0.39 is 55.1 Å². The topological polar surface area (TPSA) is 104 Å². The van der Waals surface area contributed by atoms with Gasteiger partial charge in [0.1, 0.15) is 18.5 Å². The lowest BCUT2D eigenvalue weighted by Gasteiger charge is -2.31. The van der Waals surface area contributed by atoms with Gasteiger partial charge in [0.05, 0.1) is 18.7 Å². The number of thiazole rings is 1. The number of carbonyl (C=O) groups excluding carboxylic acids is 2. The van der Waals surface area contributed by atoms with Crippen LogP contribution in [0.2, 0.25) is 0 Å². The van der Waals surface area contributed by atoms with Gasteiger partial charge in [-0.25, -0.2) is 22.9 Å². The van der Waals surface area contributed by atoms with Gasteiger partial charge in [-0.3, -0.25) is 14.7 Å². The summed E-state index contributed by atoms with van der Waals surface area (Å²) in [5.74, 6) is -4.49. The van der Waals surface area contributed by atoms with Crippen LogP contribution in [0.5, 0.6) is 0 Å². The van der Waals surface area contributed by atoms with E-state index in [0.717, 1.165) is 0 Å². The van der Waals surface area contributed by atoms with Crippen LogP contribution in [-0.4, -0.2) is 70.8 Å². The smallest absolute Gasteiger partial charge is 0.338 e. The second kappa shape index (κ2) is 11.4. The maximum atomic E-state index is 14.4. The zero-order valence-electron chi connectivity index (χ0n) is 19.7. The summed E-state index contributed by atoms with van der Waals surface area (Å²) < 4.78 is 48.4. The second-order valence-electron chi connectivity index (χ2n) is 8.64. The number of hydrogen-bond acceptors (Lipinski definition) is 9.